The van der Waals surface area contributed by atoms with Crippen LogP contribution in [-0.2, 0) is 4.74 Å². The molecule has 0 heterocycles. The zero-order valence-corrected chi connectivity index (χ0v) is 8.60. The number of ether oxygens (including phenoxy) is 1. The van der Waals surface area contributed by atoms with E-state index in [9.17, 15) is 0 Å². The van der Waals surface area contributed by atoms with Crippen LogP contribution >= 0.6 is 0 Å². The third-order valence-electron chi connectivity index (χ3n) is 1.60. The lowest BCUT2D eigenvalue weighted by Crippen LogP contribution is -2.18. The van der Waals surface area contributed by atoms with E-state index in [1.807, 2.05) is 19.9 Å². The van der Waals surface area contributed by atoms with Crippen molar-refractivity contribution in [2.75, 3.05) is 13.2 Å². The van der Waals surface area contributed by atoms with Crippen molar-refractivity contribution < 1.29 is 14.9 Å². The van der Waals surface area contributed by atoms with Crippen LogP contribution in [0.25, 0.3) is 0 Å². The largest absolute Gasteiger partial charge is 0.475 e. The van der Waals surface area contributed by atoms with Crippen molar-refractivity contribution in [1.82, 2.24) is 0 Å². The van der Waals surface area contributed by atoms with E-state index >= 15 is 0 Å². The fraction of sp³-hybridized carbons (Fsp3) is 0.500. The zero-order chi connectivity index (χ0) is 11.0. The summed E-state index contributed by atoms with van der Waals surface area (Å²) in [6.45, 7) is 6.82. The summed E-state index contributed by atoms with van der Waals surface area (Å²) in [5.41, 5.74) is 0.992. The number of aliphatic hydroxyl groups excluding tert-OH is 2. The van der Waals surface area contributed by atoms with Crippen LogP contribution in [0, 0.1) is 0 Å². The van der Waals surface area contributed by atoms with Gasteiger partial charge in [0.25, 0.3) is 0 Å². The van der Waals surface area contributed by atoms with Gasteiger partial charge in [-0.3, -0.25) is 0 Å². The monoisotopic (exact) mass is 199 g/mol. The molecule has 4 heteroatoms. The Morgan fingerprint density at radius 2 is 2.29 bits per heavy atom. The molecule has 0 fully saturated rings. The van der Waals surface area contributed by atoms with E-state index in [0.29, 0.717) is 5.88 Å². The summed E-state index contributed by atoms with van der Waals surface area (Å²) in [5.74, 6) is 0.341. The highest BCUT2D eigenvalue weighted by Gasteiger charge is 2.03. The Kier molecular flexibility index (Phi) is 6.70. The number of hydrogen-bond donors (Lipinski definition) is 2. The van der Waals surface area contributed by atoms with Gasteiger partial charge in [0.1, 0.15) is 12.7 Å². The van der Waals surface area contributed by atoms with Gasteiger partial charge < -0.3 is 14.9 Å². The van der Waals surface area contributed by atoms with E-state index in [1.165, 1.54) is 0 Å². The van der Waals surface area contributed by atoms with Crippen LogP contribution in [0.5, 0.6) is 0 Å². The Balaban J connectivity index is 4.16. The van der Waals surface area contributed by atoms with E-state index in [1.54, 1.807) is 6.08 Å². The number of nitrogens with zero attached hydrogens (tertiary/aromatic N) is 1. The first kappa shape index (κ1) is 12.9. The summed E-state index contributed by atoms with van der Waals surface area (Å²) < 4.78 is 5.10. The quantitative estimate of drug-likeness (QED) is 0.379. The molecule has 0 saturated carbocycles. The average Bonchev–Trinajstić information content (AvgIpc) is 2.22. The van der Waals surface area contributed by atoms with Crippen molar-refractivity contribution in [3.63, 3.8) is 0 Å². The van der Waals surface area contributed by atoms with Crippen molar-refractivity contribution >= 4 is 6.72 Å². The van der Waals surface area contributed by atoms with Crippen molar-refractivity contribution in [3.05, 3.63) is 23.6 Å². The summed E-state index contributed by atoms with van der Waals surface area (Å²) in [4.78, 5) is 3.64. The molecule has 0 spiro atoms. The van der Waals surface area contributed by atoms with Gasteiger partial charge >= 0.3 is 0 Å². The number of aliphatic imine (C=N–C) groups is 1. The first-order valence-electron chi connectivity index (χ1n) is 4.37. The lowest BCUT2D eigenvalue weighted by atomic mass is 10.3. The second-order valence-corrected chi connectivity index (χ2v) is 2.82. The first-order chi connectivity index (χ1) is 6.63. The van der Waals surface area contributed by atoms with Gasteiger partial charge in [-0.1, -0.05) is 11.6 Å². The van der Waals surface area contributed by atoms with Crippen molar-refractivity contribution in [1.29, 1.82) is 0 Å². The average molecular weight is 199 g/mol. The summed E-state index contributed by atoms with van der Waals surface area (Å²) in [6, 6.07) is 0. The molecule has 0 aliphatic heterocycles. The van der Waals surface area contributed by atoms with Crippen molar-refractivity contribution in [2.24, 2.45) is 4.99 Å². The van der Waals surface area contributed by atoms with Gasteiger partial charge in [0, 0.05) is 6.08 Å². The van der Waals surface area contributed by atoms with Gasteiger partial charge in [0.05, 0.1) is 6.61 Å². The van der Waals surface area contributed by atoms with Crippen LogP contribution in [0.15, 0.2) is 28.6 Å². The molecule has 4 nitrogen and oxygen atoms in total. The Morgan fingerprint density at radius 1 is 1.64 bits per heavy atom. The van der Waals surface area contributed by atoms with E-state index in [0.717, 1.165) is 5.57 Å². The lowest BCUT2D eigenvalue weighted by molar-refractivity contribution is 0.0299. The number of rotatable bonds is 6. The molecule has 1 unspecified atom stereocenters. The molecule has 80 valence electrons. The Bertz CT molecular complexity index is 234. The molecular formula is C10H17NO3. The van der Waals surface area contributed by atoms with Gasteiger partial charge in [0.15, 0.2) is 0 Å². The van der Waals surface area contributed by atoms with Crippen LogP contribution in [0.4, 0.5) is 0 Å². The van der Waals surface area contributed by atoms with Crippen LogP contribution in [0.1, 0.15) is 13.8 Å². The van der Waals surface area contributed by atoms with Crippen molar-refractivity contribution in [2.45, 2.75) is 20.0 Å². The van der Waals surface area contributed by atoms with E-state index in [2.05, 4.69) is 11.7 Å². The molecule has 0 aliphatic carbocycles. The van der Waals surface area contributed by atoms with Crippen LogP contribution < -0.4 is 0 Å². The topological polar surface area (TPSA) is 62.0 Å². The normalized spacial score (nSPS) is 15.1. The third kappa shape index (κ3) is 5.50. The molecule has 0 aromatic heterocycles. The summed E-state index contributed by atoms with van der Waals surface area (Å²) in [7, 11) is 0. The smallest absolute Gasteiger partial charge is 0.212 e. The highest BCUT2D eigenvalue weighted by atomic mass is 16.5. The molecular weight excluding hydrogens is 182 g/mol. The second kappa shape index (κ2) is 7.29. The molecule has 0 bridgehead atoms. The molecule has 2 N–H and O–H groups in total. The molecule has 0 amide bonds. The van der Waals surface area contributed by atoms with Crippen molar-refractivity contribution in [3.8, 4) is 0 Å². The maximum atomic E-state index is 9.01. The van der Waals surface area contributed by atoms with Gasteiger partial charge in [-0.2, -0.15) is 0 Å². The summed E-state index contributed by atoms with van der Waals surface area (Å²) >= 11 is 0. The first-order valence-corrected chi connectivity index (χ1v) is 4.37. The summed E-state index contributed by atoms with van der Waals surface area (Å²) in [6.07, 6.45) is 2.72. The number of hydrogen-bond acceptors (Lipinski definition) is 4. The van der Waals surface area contributed by atoms with Gasteiger partial charge in [-0.05, 0) is 20.6 Å². The fourth-order valence-corrected chi connectivity index (χ4v) is 0.645. The highest BCUT2D eigenvalue weighted by Crippen LogP contribution is 2.05. The minimum absolute atomic E-state index is 0.0122. The Morgan fingerprint density at radius 3 is 2.71 bits per heavy atom. The molecule has 0 aromatic rings. The van der Waals surface area contributed by atoms with Crippen LogP contribution in [-0.4, -0.2) is 36.2 Å². The lowest BCUT2D eigenvalue weighted by Gasteiger charge is -2.09. The van der Waals surface area contributed by atoms with Crippen LogP contribution in [0.2, 0.25) is 0 Å². The standard InChI is InChI=1S/C10H17NO3/c1-4-8(2)5-10(11-3)14-7-9(13)6-12/h4-5,9,12-13H,3,6-7H2,1-2H3/b8-4-,10-5+. The number of aliphatic hydroxyl groups is 2. The molecule has 1 atom stereocenters. The Labute approximate surface area is 84.2 Å². The fourth-order valence-electron chi connectivity index (χ4n) is 0.645. The SMILES string of the molecule is C=N/C(=C\C(C)=C/C)OCC(O)CO. The maximum Gasteiger partial charge on any atom is 0.212 e. The molecule has 14 heavy (non-hydrogen) atoms. The van der Waals surface area contributed by atoms with E-state index in [4.69, 9.17) is 14.9 Å². The zero-order valence-electron chi connectivity index (χ0n) is 8.60. The van der Waals surface area contributed by atoms with Gasteiger partial charge in [0.2, 0.25) is 5.88 Å². The Hall–Kier alpha value is -1.13. The van der Waals surface area contributed by atoms with E-state index in [-0.39, 0.29) is 13.2 Å². The molecule has 0 rings (SSSR count). The van der Waals surface area contributed by atoms with Gasteiger partial charge in [-0.25, -0.2) is 4.99 Å². The highest BCUT2D eigenvalue weighted by molar-refractivity contribution is 5.29. The molecule has 0 saturated heterocycles. The van der Waals surface area contributed by atoms with Crippen LogP contribution in [0.3, 0.4) is 0 Å². The molecule has 0 radical (unpaired) electrons. The number of allylic oxidation sites excluding steroid dienone is 3. The molecule has 0 aliphatic rings. The van der Waals surface area contributed by atoms with E-state index < -0.39 is 6.10 Å². The minimum atomic E-state index is -0.883. The predicted octanol–water partition coefficient (Wildman–Crippen LogP) is 0.864. The summed E-state index contributed by atoms with van der Waals surface area (Å²) in [5, 5.41) is 17.6. The third-order valence-corrected chi connectivity index (χ3v) is 1.60. The molecule has 0 aromatic carbocycles. The van der Waals surface area contributed by atoms with Gasteiger partial charge in [-0.15, -0.1) is 0 Å². The minimum Gasteiger partial charge on any atom is -0.475 e. The second-order valence-electron chi connectivity index (χ2n) is 2.82. The maximum absolute atomic E-state index is 9.01. The predicted molar refractivity (Wildman–Crippen MR) is 56.1 cm³/mol.